The molecule has 5 heteroatoms. The number of hydrogen-bond donors (Lipinski definition) is 2. The number of benzene rings is 3. The van der Waals surface area contributed by atoms with E-state index < -0.39 is 0 Å². The van der Waals surface area contributed by atoms with Crippen molar-refractivity contribution in [3.63, 3.8) is 0 Å². The number of para-hydroxylation sites is 1. The molecule has 0 atom stereocenters. The SMILES string of the molecule is Cc1ccc(C(=O)Nc2ccccc2)cc1NCCCOc1ccc(C#N)cc1. The molecule has 0 aliphatic heterocycles. The summed E-state index contributed by atoms with van der Waals surface area (Å²) >= 11 is 0. The summed E-state index contributed by atoms with van der Waals surface area (Å²) in [6.07, 6.45) is 0.805. The summed E-state index contributed by atoms with van der Waals surface area (Å²) in [5.74, 6) is 0.614. The number of carbonyl (C=O) groups excluding carboxylic acids is 1. The molecule has 2 N–H and O–H groups in total. The van der Waals surface area contributed by atoms with E-state index in [4.69, 9.17) is 10.00 Å². The predicted octanol–water partition coefficient (Wildman–Crippen LogP) is 5.00. The second kappa shape index (κ2) is 9.95. The standard InChI is InChI=1S/C24H23N3O2/c1-18-8-11-20(24(28)27-21-6-3-2-4-7-21)16-23(18)26-14-5-15-29-22-12-9-19(17-25)10-13-22/h2-4,6-13,16,26H,5,14-15H2,1H3,(H,27,28). The lowest BCUT2D eigenvalue weighted by Crippen LogP contribution is -2.13. The molecule has 3 rings (SSSR count). The van der Waals surface area contributed by atoms with Crippen molar-refractivity contribution >= 4 is 17.3 Å². The van der Waals surface area contributed by atoms with Crippen LogP contribution in [0.2, 0.25) is 0 Å². The van der Waals surface area contributed by atoms with Gasteiger partial charge in [0.05, 0.1) is 18.2 Å². The number of nitrogens with zero attached hydrogens (tertiary/aromatic N) is 1. The van der Waals surface area contributed by atoms with Crippen LogP contribution in [-0.2, 0) is 0 Å². The van der Waals surface area contributed by atoms with Crippen molar-refractivity contribution in [2.45, 2.75) is 13.3 Å². The monoisotopic (exact) mass is 385 g/mol. The van der Waals surface area contributed by atoms with Gasteiger partial charge in [0.25, 0.3) is 5.91 Å². The Morgan fingerprint density at radius 3 is 2.52 bits per heavy atom. The smallest absolute Gasteiger partial charge is 0.255 e. The molecule has 29 heavy (non-hydrogen) atoms. The Morgan fingerprint density at radius 2 is 1.79 bits per heavy atom. The minimum Gasteiger partial charge on any atom is -0.494 e. The summed E-state index contributed by atoms with van der Waals surface area (Å²) in [7, 11) is 0. The fourth-order valence-corrected chi connectivity index (χ4v) is 2.79. The highest BCUT2D eigenvalue weighted by Crippen LogP contribution is 2.18. The van der Waals surface area contributed by atoms with Crippen molar-refractivity contribution in [1.82, 2.24) is 0 Å². The Kier molecular flexibility index (Phi) is 6.85. The third kappa shape index (κ3) is 5.85. The van der Waals surface area contributed by atoms with Crippen LogP contribution in [0.5, 0.6) is 5.75 Å². The normalized spacial score (nSPS) is 10.1. The second-order valence-electron chi connectivity index (χ2n) is 6.61. The maximum absolute atomic E-state index is 12.5. The number of rotatable bonds is 8. The first-order valence-corrected chi connectivity index (χ1v) is 9.49. The van der Waals surface area contributed by atoms with E-state index in [0.29, 0.717) is 17.7 Å². The fourth-order valence-electron chi connectivity index (χ4n) is 2.79. The highest BCUT2D eigenvalue weighted by molar-refractivity contribution is 6.04. The molecular weight excluding hydrogens is 362 g/mol. The minimum atomic E-state index is -0.136. The molecule has 0 aliphatic rings. The van der Waals surface area contributed by atoms with Gasteiger partial charge in [0.15, 0.2) is 0 Å². The lowest BCUT2D eigenvalue weighted by atomic mass is 10.1. The summed E-state index contributed by atoms with van der Waals surface area (Å²) in [6, 6.07) is 24.2. The summed E-state index contributed by atoms with van der Waals surface area (Å²) in [6.45, 7) is 3.29. The van der Waals surface area contributed by atoms with Crippen molar-refractivity contribution in [1.29, 1.82) is 5.26 Å². The van der Waals surface area contributed by atoms with Crippen LogP contribution in [0.15, 0.2) is 72.8 Å². The van der Waals surface area contributed by atoms with Gasteiger partial charge in [0, 0.05) is 23.5 Å². The van der Waals surface area contributed by atoms with Crippen molar-refractivity contribution in [3.05, 3.63) is 89.5 Å². The van der Waals surface area contributed by atoms with E-state index in [0.717, 1.165) is 35.7 Å². The Balaban J connectivity index is 1.49. The van der Waals surface area contributed by atoms with E-state index in [9.17, 15) is 4.79 Å². The molecule has 146 valence electrons. The average molecular weight is 385 g/mol. The van der Waals surface area contributed by atoms with Crippen LogP contribution in [0.1, 0.15) is 27.9 Å². The van der Waals surface area contributed by atoms with Crippen LogP contribution >= 0.6 is 0 Å². The third-order valence-corrected chi connectivity index (χ3v) is 4.42. The van der Waals surface area contributed by atoms with Crippen LogP contribution in [0.25, 0.3) is 0 Å². The lowest BCUT2D eigenvalue weighted by molar-refractivity contribution is 0.102. The molecule has 0 aliphatic carbocycles. The van der Waals surface area contributed by atoms with Gasteiger partial charge in [-0.05, 0) is 67.4 Å². The molecule has 0 aromatic heterocycles. The maximum atomic E-state index is 12.5. The highest BCUT2D eigenvalue weighted by Gasteiger charge is 2.08. The van der Waals surface area contributed by atoms with Crippen LogP contribution in [0.4, 0.5) is 11.4 Å². The Bertz CT molecular complexity index is 993. The van der Waals surface area contributed by atoms with Gasteiger partial charge >= 0.3 is 0 Å². The number of nitriles is 1. The fraction of sp³-hybridized carbons (Fsp3) is 0.167. The average Bonchev–Trinajstić information content (AvgIpc) is 2.75. The van der Waals surface area contributed by atoms with Crippen LogP contribution in [0.3, 0.4) is 0 Å². The number of amides is 1. The summed E-state index contributed by atoms with van der Waals surface area (Å²) in [5.41, 5.74) is 4.01. The van der Waals surface area contributed by atoms with E-state index in [-0.39, 0.29) is 5.91 Å². The van der Waals surface area contributed by atoms with Gasteiger partial charge in [-0.3, -0.25) is 4.79 Å². The molecule has 3 aromatic rings. The Labute approximate surface area is 171 Å². The molecule has 0 bridgehead atoms. The minimum absolute atomic E-state index is 0.136. The van der Waals surface area contributed by atoms with Gasteiger partial charge in [-0.2, -0.15) is 5.26 Å². The molecule has 5 nitrogen and oxygen atoms in total. The highest BCUT2D eigenvalue weighted by atomic mass is 16.5. The van der Waals surface area contributed by atoms with Gasteiger partial charge in [-0.25, -0.2) is 0 Å². The maximum Gasteiger partial charge on any atom is 0.255 e. The van der Waals surface area contributed by atoms with Gasteiger partial charge in [0.1, 0.15) is 5.75 Å². The topological polar surface area (TPSA) is 74.2 Å². The number of anilines is 2. The number of hydrogen-bond acceptors (Lipinski definition) is 4. The molecule has 0 fully saturated rings. The van der Waals surface area contributed by atoms with E-state index in [2.05, 4.69) is 16.7 Å². The summed E-state index contributed by atoms with van der Waals surface area (Å²) in [4.78, 5) is 12.5. The first-order valence-electron chi connectivity index (χ1n) is 9.49. The van der Waals surface area contributed by atoms with Crippen LogP contribution in [0, 0.1) is 18.3 Å². The largest absolute Gasteiger partial charge is 0.494 e. The van der Waals surface area contributed by atoms with E-state index >= 15 is 0 Å². The molecule has 0 spiro atoms. The number of aryl methyl sites for hydroxylation is 1. The van der Waals surface area contributed by atoms with E-state index in [1.165, 1.54) is 0 Å². The van der Waals surface area contributed by atoms with Gasteiger partial charge in [0.2, 0.25) is 0 Å². The molecule has 3 aromatic carbocycles. The summed E-state index contributed by atoms with van der Waals surface area (Å²) in [5, 5.41) is 15.1. The van der Waals surface area contributed by atoms with Gasteiger partial charge in [-0.1, -0.05) is 24.3 Å². The molecule has 0 saturated heterocycles. The van der Waals surface area contributed by atoms with Crippen molar-refractivity contribution < 1.29 is 9.53 Å². The van der Waals surface area contributed by atoms with E-state index in [1.54, 1.807) is 24.3 Å². The lowest BCUT2D eigenvalue weighted by Gasteiger charge is -2.12. The predicted molar refractivity (Wildman–Crippen MR) is 115 cm³/mol. The molecular formula is C24H23N3O2. The molecule has 0 heterocycles. The number of carbonyl (C=O) groups is 1. The van der Waals surface area contributed by atoms with Crippen molar-refractivity contribution in [2.75, 3.05) is 23.8 Å². The third-order valence-electron chi connectivity index (χ3n) is 4.42. The Hall–Kier alpha value is -3.78. The quantitative estimate of drug-likeness (QED) is 0.535. The summed E-state index contributed by atoms with van der Waals surface area (Å²) < 4.78 is 5.69. The molecule has 0 radical (unpaired) electrons. The first kappa shape index (κ1) is 20.0. The zero-order valence-electron chi connectivity index (χ0n) is 16.3. The van der Waals surface area contributed by atoms with Crippen LogP contribution in [-0.4, -0.2) is 19.1 Å². The zero-order valence-corrected chi connectivity index (χ0v) is 16.3. The second-order valence-corrected chi connectivity index (χ2v) is 6.61. The van der Waals surface area contributed by atoms with E-state index in [1.807, 2.05) is 55.5 Å². The van der Waals surface area contributed by atoms with Crippen molar-refractivity contribution in [2.24, 2.45) is 0 Å². The molecule has 0 saturated carbocycles. The van der Waals surface area contributed by atoms with Gasteiger partial charge in [-0.15, -0.1) is 0 Å². The number of nitrogens with one attached hydrogen (secondary N) is 2. The van der Waals surface area contributed by atoms with Crippen molar-refractivity contribution in [3.8, 4) is 11.8 Å². The van der Waals surface area contributed by atoms with Gasteiger partial charge < -0.3 is 15.4 Å². The zero-order chi connectivity index (χ0) is 20.5. The Morgan fingerprint density at radius 1 is 1.03 bits per heavy atom. The molecule has 0 unspecified atom stereocenters. The van der Waals surface area contributed by atoms with Crippen LogP contribution < -0.4 is 15.4 Å². The molecule has 1 amide bonds. The number of ether oxygens (including phenoxy) is 1. The first-order chi connectivity index (χ1) is 14.2.